The highest BCUT2D eigenvalue weighted by molar-refractivity contribution is 6.32. The molecule has 2 amide bonds. The minimum absolute atomic E-state index is 0.00513. The molecular weight excluding hydrogens is 416 g/mol. The fourth-order valence-corrected chi connectivity index (χ4v) is 3.58. The third-order valence-corrected chi connectivity index (χ3v) is 6.19. The average Bonchev–Trinajstić information content (AvgIpc) is 2.76. The number of hydrogen-bond donors (Lipinski definition) is 0. The number of nitrogens with zero attached hydrogens (tertiary/aromatic N) is 2. The van der Waals surface area contributed by atoms with Crippen molar-refractivity contribution in [2.75, 3.05) is 39.4 Å². The lowest BCUT2D eigenvalue weighted by Crippen LogP contribution is -2.52. The Morgan fingerprint density at radius 2 is 1.19 bits per heavy atom. The molecule has 0 unspecified atom stereocenters. The van der Waals surface area contributed by atoms with Crippen LogP contribution in [-0.2, 0) is 9.59 Å². The van der Waals surface area contributed by atoms with E-state index < -0.39 is 0 Å². The minimum atomic E-state index is -0.0938. The van der Waals surface area contributed by atoms with Crippen LogP contribution in [0.1, 0.15) is 22.3 Å². The zero-order valence-corrected chi connectivity index (χ0v) is 19.3. The van der Waals surface area contributed by atoms with Gasteiger partial charge in [0.15, 0.2) is 13.2 Å². The quantitative estimate of drug-likeness (QED) is 0.681. The summed E-state index contributed by atoms with van der Waals surface area (Å²) in [6.45, 7) is 9.76. The number of benzene rings is 2. The molecule has 0 N–H and O–H groups in total. The molecular formula is C24H29ClN2O4. The van der Waals surface area contributed by atoms with Crippen LogP contribution in [0.3, 0.4) is 0 Å². The number of carbonyl (C=O) groups is 2. The van der Waals surface area contributed by atoms with Gasteiger partial charge in [-0.15, -0.1) is 0 Å². The molecule has 0 aliphatic carbocycles. The van der Waals surface area contributed by atoms with Gasteiger partial charge in [0.25, 0.3) is 11.8 Å². The number of piperazine rings is 1. The van der Waals surface area contributed by atoms with E-state index in [1.54, 1.807) is 9.80 Å². The number of halogens is 1. The van der Waals surface area contributed by atoms with Crippen LogP contribution in [0.15, 0.2) is 30.3 Å². The van der Waals surface area contributed by atoms with Crippen LogP contribution in [0.4, 0.5) is 0 Å². The molecule has 0 radical (unpaired) electrons. The minimum Gasteiger partial charge on any atom is -0.484 e. The molecule has 1 aliphatic rings. The van der Waals surface area contributed by atoms with Gasteiger partial charge in [-0.2, -0.15) is 0 Å². The summed E-state index contributed by atoms with van der Waals surface area (Å²) in [5, 5.41) is 0.709. The van der Waals surface area contributed by atoms with Crippen LogP contribution in [-0.4, -0.2) is 61.0 Å². The first kappa shape index (κ1) is 22.9. The highest BCUT2D eigenvalue weighted by Gasteiger charge is 2.24. The lowest BCUT2D eigenvalue weighted by atomic mass is 10.1. The van der Waals surface area contributed by atoms with E-state index in [2.05, 4.69) is 0 Å². The molecule has 0 bridgehead atoms. The SMILES string of the molecule is Cc1ccc(OCC(=O)N2CCN(C(=O)COc3cc(C)c(Cl)c(C)c3)CC2)cc1C. The second kappa shape index (κ2) is 10.1. The zero-order valence-electron chi connectivity index (χ0n) is 18.5. The van der Waals surface area contributed by atoms with Gasteiger partial charge in [-0.3, -0.25) is 9.59 Å². The maximum atomic E-state index is 12.5. The molecule has 1 heterocycles. The first-order chi connectivity index (χ1) is 14.7. The van der Waals surface area contributed by atoms with Gasteiger partial charge in [-0.25, -0.2) is 0 Å². The largest absolute Gasteiger partial charge is 0.484 e. The van der Waals surface area contributed by atoms with E-state index in [0.29, 0.717) is 42.7 Å². The fraction of sp³-hybridized carbons (Fsp3) is 0.417. The monoisotopic (exact) mass is 444 g/mol. The predicted molar refractivity (Wildman–Crippen MR) is 121 cm³/mol. The highest BCUT2D eigenvalue weighted by Crippen LogP contribution is 2.26. The van der Waals surface area contributed by atoms with Crippen LogP contribution in [0.2, 0.25) is 5.02 Å². The summed E-state index contributed by atoms with van der Waals surface area (Å²) in [4.78, 5) is 28.4. The predicted octanol–water partition coefficient (Wildman–Crippen LogP) is 3.70. The van der Waals surface area contributed by atoms with Gasteiger partial charge >= 0.3 is 0 Å². The second-order valence-electron chi connectivity index (χ2n) is 7.96. The van der Waals surface area contributed by atoms with E-state index in [1.165, 1.54) is 5.56 Å². The normalized spacial score (nSPS) is 13.8. The first-order valence-corrected chi connectivity index (χ1v) is 10.8. The van der Waals surface area contributed by atoms with Crippen LogP contribution in [0, 0.1) is 27.7 Å². The summed E-state index contributed by atoms with van der Waals surface area (Å²) < 4.78 is 11.3. The van der Waals surface area contributed by atoms with Crippen molar-refractivity contribution in [3.05, 3.63) is 57.6 Å². The molecule has 0 saturated carbocycles. The first-order valence-electron chi connectivity index (χ1n) is 10.4. The van der Waals surface area contributed by atoms with Crippen molar-refractivity contribution in [2.45, 2.75) is 27.7 Å². The molecule has 1 saturated heterocycles. The topological polar surface area (TPSA) is 59.1 Å². The Balaban J connectivity index is 1.43. The number of rotatable bonds is 6. The molecule has 1 fully saturated rings. The summed E-state index contributed by atoms with van der Waals surface area (Å²) >= 11 is 6.17. The average molecular weight is 445 g/mol. The third-order valence-electron chi connectivity index (χ3n) is 5.60. The maximum absolute atomic E-state index is 12.5. The number of hydrogen-bond acceptors (Lipinski definition) is 4. The molecule has 0 atom stereocenters. The highest BCUT2D eigenvalue weighted by atomic mass is 35.5. The molecule has 31 heavy (non-hydrogen) atoms. The fourth-order valence-electron chi connectivity index (χ4n) is 3.47. The molecule has 2 aromatic carbocycles. The van der Waals surface area contributed by atoms with Gasteiger partial charge in [0.05, 0.1) is 0 Å². The van der Waals surface area contributed by atoms with E-state index in [0.717, 1.165) is 16.7 Å². The molecule has 0 aromatic heterocycles. The Kier molecular flexibility index (Phi) is 7.44. The zero-order chi connectivity index (χ0) is 22.5. The van der Waals surface area contributed by atoms with E-state index in [1.807, 2.05) is 58.0 Å². The van der Waals surface area contributed by atoms with Gasteiger partial charge in [-0.1, -0.05) is 17.7 Å². The van der Waals surface area contributed by atoms with Gasteiger partial charge in [0, 0.05) is 31.2 Å². The smallest absolute Gasteiger partial charge is 0.260 e. The van der Waals surface area contributed by atoms with E-state index in [4.69, 9.17) is 21.1 Å². The number of carbonyl (C=O) groups excluding carboxylic acids is 2. The van der Waals surface area contributed by atoms with Crippen molar-refractivity contribution in [2.24, 2.45) is 0 Å². The van der Waals surface area contributed by atoms with Gasteiger partial charge < -0.3 is 19.3 Å². The van der Waals surface area contributed by atoms with Gasteiger partial charge in [0.2, 0.25) is 0 Å². The van der Waals surface area contributed by atoms with Crippen molar-refractivity contribution >= 4 is 23.4 Å². The van der Waals surface area contributed by atoms with Crippen molar-refractivity contribution < 1.29 is 19.1 Å². The maximum Gasteiger partial charge on any atom is 0.260 e. The summed E-state index contributed by atoms with van der Waals surface area (Å²) in [5.41, 5.74) is 4.14. The summed E-state index contributed by atoms with van der Waals surface area (Å²) in [5.74, 6) is 1.15. The Morgan fingerprint density at radius 3 is 1.68 bits per heavy atom. The number of amides is 2. The van der Waals surface area contributed by atoms with Crippen molar-refractivity contribution in [1.29, 1.82) is 0 Å². The molecule has 7 heteroatoms. The molecule has 1 aliphatic heterocycles. The van der Waals surface area contributed by atoms with Gasteiger partial charge in [0.1, 0.15) is 11.5 Å². The van der Waals surface area contributed by atoms with Crippen molar-refractivity contribution in [3.63, 3.8) is 0 Å². The lowest BCUT2D eigenvalue weighted by molar-refractivity contribution is -0.141. The Morgan fingerprint density at radius 1 is 0.742 bits per heavy atom. The summed E-state index contributed by atoms with van der Waals surface area (Å²) in [6, 6.07) is 9.44. The van der Waals surface area contributed by atoms with Crippen LogP contribution in [0.25, 0.3) is 0 Å². The Bertz CT molecular complexity index is 945. The van der Waals surface area contributed by atoms with Crippen LogP contribution < -0.4 is 9.47 Å². The van der Waals surface area contributed by atoms with E-state index >= 15 is 0 Å². The van der Waals surface area contributed by atoms with E-state index in [-0.39, 0.29) is 25.0 Å². The summed E-state index contributed by atoms with van der Waals surface area (Å²) in [7, 11) is 0. The number of ether oxygens (including phenoxy) is 2. The van der Waals surface area contributed by atoms with Crippen molar-refractivity contribution in [3.8, 4) is 11.5 Å². The number of aryl methyl sites for hydroxylation is 4. The lowest BCUT2D eigenvalue weighted by Gasteiger charge is -2.34. The third kappa shape index (κ3) is 5.91. The van der Waals surface area contributed by atoms with E-state index in [9.17, 15) is 9.59 Å². The van der Waals surface area contributed by atoms with Gasteiger partial charge in [-0.05, 0) is 74.2 Å². The Hall–Kier alpha value is -2.73. The van der Waals surface area contributed by atoms with Crippen LogP contribution in [0.5, 0.6) is 11.5 Å². The molecule has 6 nitrogen and oxygen atoms in total. The molecule has 3 rings (SSSR count). The van der Waals surface area contributed by atoms with Crippen LogP contribution >= 0.6 is 11.6 Å². The molecule has 0 spiro atoms. The molecule has 166 valence electrons. The second-order valence-corrected chi connectivity index (χ2v) is 8.33. The van der Waals surface area contributed by atoms with Crippen molar-refractivity contribution in [1.82, 2.24) is 9.80 Å². The summed E-state index contributed by atoms with van der Waals surface area (Å²) in [6.07, 6.45) is 0. The molecule has 2 aromatic rings. The Labute approximate surface area is 188 Å². The standard InChI is InChI=1S/C24H29ClN2O4/c1-16-5-6-20(11-17(16)2)30-14-22(28)26-7-9-27(10-8-26)23(29)15-31-21-12-18(3)24(25)19(4)13-21/h5-6,11-13H,7-10,14-15H2,1-4H3.